The third-order valence-electron chi connectivity index (χ3n) is 2.77. The van der Waals surface area contributed by atoms with Crippen LogP contribution >= 0.6 is 15.9 Å². The molecule has 0 aliphatic carbocycles. The van der Waals surface area contributed by atoms with E-state index in [-0.39, 0.29) is 9.99 Å². The van der Waals surface area contributed by atoms with E-state index in [9.17, 15) is 31.1 Å². The predicted octanol–water partition coefficient (Wildman–Crippen LogP) is 5.00. The van der Waals surface area contributed by atoms with Crippen LogP contribution in [-0.4, -0.2) is 16.9 Å². The van der Waals surface area contributed by atoms with Gasteiger partial charge in [-0.3, -0.25) is 4.79 Å². The molecule has 1 N–H and O–H groups in total. The Balaban J connectivity index is 2.91. The van der Waals surface area contributed by atoms with Crippen molar-refractivity contribution in [3.05, 3.63) is 33.4 Å². The molecule has 21 heavy (non-hydrogen) atoms. The van der Waals surface area contributed by atoms with Crippen molar-refractivity contribution >= 4 is 32.6 Å². The van der Waals surface area contributed by atoms with Crippen molar-refractivity contribution in [3.8, 4) is 0 Å². The summed E-state index contributed by atoms with van der Waals surface area (Å²) in [5, 5.41) is -0.420. The molecule has 0 aliphatic rings. The fourth-order valence-electron chi connectivity index (χ4n) is 1.98. The summed E-state index contributed by atoms with van der Waals surface area (Å²) in [7, 11) is 0. The van der Waals surface area contributed by atoms with Gasteiger partial charge in [0.2, 0.25) is 0 Å². The molecule has 0 radical (unpaired) electrons. The van der Waals surface area contributed by atoms with E-state index in [4.69, 9.17) is 0 Å². The summed E-state index contributed by atoms with van der Waals surface area (Å²) in [5.74, 6) is -2.53. The lowest BCUT2D eigenvalue weighted by molar-refractivity contribution is -0.141. The summed E-state index contributed by atoms with van der Waals surface area (Å²) in [6, 6.07) is 2.53. The van der Waals surface area contributed by atoms with E-state index in [0.29, 0.717) is 5.56 Å². The van der Waals surface area contributed by atoms with Gasteiger partial charge in [0.25, 0.3) is 5.78 Å². The Morgan fingerprint density at radius 2 is 1.71 bits per heavy atom. The van der Waals surface area contributed by atoms with Gasteiger partial charge in [-0.25, -0.2) is 0 Å². The van der Waals surface area contributed by atoms with E-state index < -0.39 is 34.8 Å². The molecule has 2 nitrogen and oxygen atoms in total. The van der Waals surface area contributed by atoms with Crippen molar-refractivity contribution in [2.45, 2.75) is 19.3 Å². The first kappa shape index (κ1) is 15.9. The van der Waals surface area contributed by atoms with Crippen LogP contribution in [0.5, 0.6) is 0 Å². The molecule has 0 saturated carbocycles. The maximum Gasteiger partial charge on any atom is 0.454 e. The van der Waals surface area contributed by atoms with E-state index in [1.165, 1.54) is 13.0 Å². The van der Waals surface area contributed by atoms with Crippen LogP contribution in [0.25, 0.3) is 10.9 Å². The van der Waals surface area contributed by atoms with Crippen LogP contribution in [0.15, 0.2) is 16.6 Å². The molecule has 0 unspecified atom stereocenters. The van der Waals surface area contributed by atoms with Gasteiger partial charge in [0.15, 0.2) is 0 Å². The van der Waals surface area contributed by atoms with Crippen LogP contribution in [0.1, 0.15) is 21.6 Å². The maximum absolute atomic E-state index is 12.9. The number of benzene rings is 1. The van der Waals surface area contributed by atoms with E-state index in [1.807, 2.05) is 4.98 Å². The lowest BCUT2D eigenvalue weighted by atomic mass is 10.0. The molecule has 9 heteroatoms. The second kappa shape index (κ2) is 4.75. The van der Waals surface area contributed by atoms with Gasteiger partial charge in [-0.1, -0.05) is 0 Å². The zero-order valence-electron chi connectivity index (χ0n) is 10.2. The first-order valence-corrected chi connectivity index (χ1v) is 6.22. The second-order valence-electron chi connectivity index (χ2n) is 4.37. The minimum Gasteiger partial charge on any atom is -0.349 e. The maximum atomic E-state index is 12.9. The van der Waals surface area contributed by atoms with Gasteiger partial charge < -0.3 is 4.98 Å². The molecular formula is C12H6BrF6NO. The number of aromatic amines is 1. The molecule has 2 rings (SSSR count). The number of ketones is 1. The lowest BCUT2D eigenvalue weighted by Crippen LogP contribution is -2.25. The summed E-state index contributed by atoms with van der Waals surface area (Å²) in [6.45, 7) is 1.49. The fraction of sp³-hybridized carbons (Fsp3) is 0.250. The summed E-state index contributed by atoms with van der Waals surface area (Å²) in [5.41, 5.74) is -2.90. The van der Waals surface area contributed by atoms with Crippen LogP contribution in [0.2, 0.25) is 0 Å². The van der Waals surface area contributed by atoms with E-state index in [2.05, 4.69) is 15.9 Å². The highest BCUT2D eigenvalue weighted by Crippen LogP contribution is 2.40. The van der Waals surface area contributed by atoms with Gasteiger partial charge in [0.1, 0.15) is 5.69 Å². The minimum atomic E-state index is -5.40. The summed E-state index contributed by atoms with van der Waals surface area (Å²) in [4.78, 5) is 13.2. The van der Waals surface area contributed by atoms with E-state index in [1.54, 1.807) is 0 Å². The Morgan fingerprint density at radius 3 is 2.19 bits per heavy atom. The average Bonchev–Trinajstić information content (AvgIpc) is 2.65. The highest BCUT2D eigenvalue weighted by atomic mass is 79.9. The molecule has 0 saturated heterocycles. The van der Waals surface area contributed by atoms with Crippen molar-refractivity contribution in [1.29, 1.82) is 0 Å². The highest BCUT2D eigenvalue weighted by molar-refractivity contribution is 9.10. The number of nitrogens with one attached hydrogen (secondary N) is 1. The van der Waals surface area contributed by atoms with Crippen LogP contribution in [-0.2, 0) is 6.18 Å². The Labute approximate surface area is 122 Å². The number of rotatable bonds is 1. The van der Waals surface area contributed by atoms with Gasteiger partial charge in [0.05, 0.1) is 11.1 Å². The van der Waals surface area contributed by atoms with Gasteiger partial charge >= 0.3 is 12.4 Å². The Hall–Kier alpha value is -1.51. The number of hydrogen-bond donors (Lipinski definition) is 1. The number of aryl methyl sites for hydroxylation is 1. The Bertz CT molecular complexity index is 728. The largest absolute Gasteiger partial charge is 0.454 e. The number of carbonyl (C=O) groups excluding carboxylic acids is 1. The van der Waals surface area contributed by atoms with Crippen molar-refractivity contribution in [3.63, 3.8) is 0 Å². The number of H-pyrrole nitrogens is 1. The molecular weight excluding hydrogens is 368 g/mol. The summed E-state index contributed by atoms with van der Waals surface area (Å²) >= 11 is 2.97. The second-order valence-corrected chi connectivity index (χ2v) is 5.22. The van der Waals surface area contributed by atoms with Crippen LogP contribution in [0.3, 0.4) is 0 Å². The SMILES string of the molecule is Cc1cc(Br)c2[nH]c(C(F)(F)F)c(C(=O)C(F)(F)F)c2c1. The standard InChI is InChI=1S/C12H6BrF6NO/c1-4-2-5-7(10(21)12(17,18)19)9(11(14,15)16)20-8(5)6(13)3-4/h2-3,20H,1H3. The number of halogens is 7. The number of fused-ring (bicyclic) bond motifs is 1. The number of carbonyl (C=O) groups is 1. The molecule has 114 valence electrons. The Morgan fingerprint density at radius 1 is 1.14 bits per heavy atom. The molecule has 1 aromatic carbocycles. The monoisotopic (exact) mass is 373 g/mol. The molecule has 2 aromatic rings. The van der Waals surface area contributed by atoms with Crippen LogP contribution < -0.4 is 0 Å². The third kappa shape index (κ3) is 2.78. The molecule has 0 bridgehead atoms. The Kier molecular flexibility index (Phi) is 3.59. The van der Waals surface area contributed by atoms with Gasteiger partial charge in [-0.2, -0.15) is 26.3 Å². The topological polar surface area (TPSA) is 32.9 Å². The number of alkyl halides is 6. The quantitative estimate of drug-likeness (QED) is 0.553. The predicted molar refractivity (Wildman–Crippen MR) is 66.1 cm³/mol. The third-order valence-corrected chi connectivity index (χ3v) is 3.40. The minimum absolute atomic E-state index is 0.143. The fourth-order valence-corrected chi connectivity index (χ4v) is 2.65. The van der Waals surface area contributed by atoms with Crippen LogP contribution in [0, 0.1) is 6.92 Å². The van der Waals surface area contributed by atoms with E-state index in [0.717, 1.165) is 6.07 Å². The molecule has 0 fully saturated rings. The summed E-state index contributed by atoms with van der Waals surface area (Å²) in [6.07, 6.45) is -10.5. The summed E-state index contributed by atoms with van der Waals surface area (Å²) < 4.78 is 76.5. The molecule has 1 aromatic heterocycles. The molecule has 0 aliphatic heterocycles. The highest BCUT2D eigenvalue weighted by Gasteiger charge is 2.47. The normalized spacial score (nSPS) is 13.0. The van der Waals surface area contributed by atoms with Crippen molar-refractivity contribution < 1.29 is 31.1 Å². The first-order valence-electron chi connectivity index (χ1n) is 5.43. The van der Waals surface area contributed by atoms with E-state index >= 15 is 0 Å². The first-order chi connectivity index (χ1) is 9.43. The van der Waals surface area contributed by atoms with Gasteiger partial charge in [0, 0.05) is 9.86 Å². The number of hydrogen-bond acceptors (Lipinski definition) is 1. The number of aromatic nitrogens is 1. The zero-order valence-corrected chi connectivity index (χ0v) is 11.8. The van der Waals surface area contributed by atoms with Gasteiger partial charge in [-0.15, -0.1) is 0 Å². The average molecular weight is 374 g/mol. The molecule has 1 heterocycles. The zero-order chi connectivity index (χ0) is 16.2. The van der Waals surface area contributed by atoms with Crippen molar-refractivity contribution in [2.24, 2.45) is 0 Å². The molecule has 0 amide bonds. The smallest absolute Gasteiger partial charge is 0.349 e. The lowest BCUT2D eigenvalue weighted by Gasteiger charge is -2.09. The van der Waals surface area contributed by atoms with Crippen molar-refractivity contribution in [2.75, 3.05) is 0 Å². The van der Waals surface area contributed by atoms with Crippen LogP contribution in [0.4, 0.5) is 26.3 Å². The van der Waals surface area contributed by atoms with Gasteiger partial charge in [-0.05, 0) is 40.5 Å². The molecule has 0 spiro atoms. The van der Waals surface area contributed by atoms with Crippen molar-refractivity contribution in [1.82, 2.24) is 4.98 Å². The molecule has 0 atom stereocenters. The number of Topliss-reactive ketones (excluding diaryl/α,β-unsaturated/α-hetero) is 1.